The lowest BCUT2D eigenvalue weighted by molar-refractivity contribution is -0.139. The second-order valence-electron chi connectivity index (χ2n) is 11.7. The minimum atomic E-state index is -1.74. The topological polar surface area (TPSA) is 112 Å². The van der Waals surface area contributed by atoms with Crippen LogP contribution in [0.2, 0.25) is 0 Å². The lowest BCUT2D eigenvalue weighted by Crippen LogP contribution is -2.44. The van der Waals surface area contributed by atoms with Crippen LogP contribution < -0.4 is 9.80 Å². The summed E-state index contributed by atoms with van der Waals surface area (Å²) in [7, 11) is 0. The molecule has 2 heterocycles. The van der Waals surface area contributed by atoms with Crippen LogP contribution >= 0.6 is 0 Å². The van der Waals surface area contributed by atoms with Crippen molar-refractivity contribution in [2.45, 2.75) is 38.0 Å². The number of carbonyl (C=O) groups is 2. The first kappa shape index (κ1) is 31.6. The highest BCUT2D eigenvalue weighted by Crippen LogP contribution is 2.45. The van der Waals surface area contributed by atoms with Gasteiger partial charge in [0.05, 0.1) is 30.5 Å². The van der Waals surface area contributed by atoms with Crippen molar-refractivity contribution >= 4 is 29.4 Å². The smallest absolute Gasteiger partial charge is 0.264 e. The minimum Gasteiger partial charge on any atom is -0.395 e. The zero-order valence-corrected chi connectivity index (χ0v) is 26.1. The van der Waals surface area contributed by atoms with Crippen molar-refractivity contribution < 1.29 is 19.8 Å². The first-order chi connectivity index (χ1) is 22.9. The molecular formula is C38H37N5O4. The standard InChI is InChI=1S/C38H37N5O4/c1-28(13-10-11-22-41-25-35(39-40-41)33(26-44)30-15-4-2-5-16-30)38(47)34-20-8-9-21-36(34)42(37(38)46)24-29-14-12-19-32(23-29)43(27-45)31-17-6-3-7-18-31/h2-10,12-21,23,25,27-28,33,44,47H,11,22,24,26H2,1H3/b13-10+/t28-,33?,38+/m0/s1. The molecule has 9 nitrogen and oxygen atoms in total. The maximum absolute atomic E-state index is 14.0. The zero-order chi connectivity index (χ0) is 32.8. The Morgan fingerprint density at radius 2 is 1.62 bits per heavy atom. The van der Waals surface area contributed by atoms with Crippen molar-refractivity contribution in [1.29, 1.82) is 0 Å². The van der Waals surface area contributed by atoms with Crippen molar-refractivity contribution in [3.8, 4) is 0 Å². The Bertz CT molecular complexity index is 1860. The van der Waals surface area contributed by atoms with E-state index in [1.807, 2.05) is 128 Å². The van der Waals surface area contributed by atoms with Crippen molar-refractivity contribution in [2.75, 3.05) is 16.4 Å². The molecule has 1 aromatic heterocycles. The second-order valence-corrected chi connectivity index (χ2v) is 11.7. The molecule has 5 aromatic rings. The molecule has 1 unspecified atom stereocenters. The van der Waals surface area contributed by atoms with Crippen LogP contribution in [0.4, 0.5) is 17.1 Å². The Morgan fingerprint density at radius 1 is 0.915 bits per heavy atom. The van der Waals surface area contributed by atoms with E-state index >= 15 is 0 Å². The van der Waals surface area contributed by atoms with Crippen molar-refractivity contribution in [3.63, 3.8) is 0 Å². The molecule has 6 rings (SSSR count). The highest BCUT2D eigenvalue weighted by molar-refractivity contribution is 6.07. The number of fused-ring (bicyclic) bond motifs is 1. The van der Waals surface area contributed by atoms with E-state index in [9.17, 15) is 19.8 Å². The summed E-state index contributed by atoms with van der Waals surface area (Å²) in [5.74, 6) is -1.16. The van der Waals surface area contributed by atoms with E-state index in [1.165, 1.54) is 0 Å². The number of anilines is 3. The minimum absolute atomic E-state index is 0.0679. The van der Waals surface area contributed by atoms with Gasteiger partial charge in [-0.15, -0.1) is 5.10 Å². The summed E-state index contributed by atoms with van der Waals surface area (Å²) in [5, 5.41) is 30.5. The Hall–Kier alpha value is -5.38. The third-order valence-electron chi connectivity index (χ3n) is 8.75. The second kappa shape index (κ2) is 13.9. The molecule has 0 spiro atoms. The molecule has 0 bridgehead atoms. The molecule has 47 heavy (non-hydrogen) atoms. The SMILES string of the molecule is C[C@@H](/C=C/CCn1cc(C(CO)c2ccccc2)nn1)[C@]1(O)C(=O)N(Cc2cccc(N(C=O)c3ccccc3)c2)c2ccccc21. The predicted octanol–water partition coefficient (Wildman–Crippen LogP) is 5.71. The van der Waals surface area contributed by atoms with E-state index in [4.69, 9.17) is 0 Å². The lowest BCUT2D eigenvalue weighted by Gasteiger charge is -2.28. The van der Waals surface area contributed by atoms with Gasteiger partial charge in [0.25, 0.3) is 5.91 Å². The molecule has 0 fully saturated rings. The van der Waals surface area contributed by atoms with Gasteiger partial charge in [0.15, 0.2) is 5.60 Å². The van der Waals surface area contributed by atoms with Gasteiger partial charge in [-0.05, 0) is 47.9 Å². The number of nitrogens with zero attached hydrogens (tertiary/aromatic N) is 5. The molecule has 238 valence electrons. The fraction of sp³-hybridized carbons (Fsp3) is 0.211. The van der Waals surface area contributed by atoms with Crippen molar-refractivity contribution in [2.24, 2.45) is 5.92 Å². The van der Waals surface area contributed by atoms with E-state index in [0.29, 0.717) is 35.6 Å². The zero-order valence-electron chi connectivity index (χ0n) is 26.1. The number of hydrogen-bond donors (Lipinski definition) is 2. The Labute approximate surface area is 274 Å². The van der Waals surface area contributed by atoms with Crippen LogP contribution in [-0.2, 0) is 28.3 Å². The van der Waals surface area contributed by atoms with Gasteiger partial charge in [0, 0.05) is 35.6 Å². The molecule has 2 N–H and O–H groups in total. The summed E-state index contributed by atoms with van der Waals surface area (Å²) < 4.78 is 1.74. The Kier molecular flexibility index (Phi) is 9.37. The fourth-order valence-electron chi connectivity index (χ4n) is 6.19. The fourth-order valence-corrected chi connectivity index (χ4v) is 6.19. The average Bonchev–Trinajstić information content (AvgIpc) is 3.66. The number of carbonyl (C=O) groups excluding carboxylic acids is 2. The number of allylic oxidation sites excluding steroid dienone is 1. The molecule has 3 atom stereocenters. The van der Waals surface area contributed by atoms with Crippen LogP contribution in [0.15, 0.2) is 128 Å². The summed E-state index contributed by atoms with van der Waals surface area (Å²) in [6.07, 6.45) is 7.05. The average molecular weight is 628 g/mol. The van der Waals surface area contributed by atoms with Crippen LogP contribution in [0.3, 0.4) is 0 Å². The molecule has 1 aliphatic rings. The van der Waals surface area contributed by atoms with E-state index in [1.54, 1.807) is 20.5 Å². The van der Waals surface area contributed by atoms with E-state index < -0.39 is 17.4 Å². The first-order valence-electron chi connectivity index (χ1n) is 15.7. The first-order valence-corrected chi connectivity index (χ1v) is 15.7. The third-order valence-corrected chi connectivity index (χ3v) is 8.75. The van der Waals surface area contributed by atoms with Crippen LogP contribution in [0.1, 0.15) is 41.6 Å². The van der Waals surface area contributed by atoms with Gasteiger partial charge in [-0.2, -0.15) is 0 Å². The molecule has 0 saturated carbocycles. The number of aliphatic hydroxyl groups is 2. The Balaban J connectivity index is 1.15. The summed E-state index contributed by atoms with van der Waals surface area (Å²) in [6, 6.07) is 33.9. The number of aromatic nitrogens is 3. The quantitative estimate of drug-likeness (QED) is 0.128. The summed E-state index contributed by atoms with van der Waals surface area (Å²) in [6.45, 7) is 2.56. The number of amides is 2. The van der Waals surface area contributed by atoms with Crippen molar-refractivity contribution in [1.82, 2.24) is 15.0 Å². The highest BCUT2D eigenvalue weighted by atomic mass is 16.3. The number of aryl methyl sites for hydroxylation is 1. The molecule has 0 saturated heterocycles. The number of para-hydroxylation sites is 2. The largest absolute Gasteiger partial charge is 0.395 e. The molecule has 0 radical (unpaired) electrons. The van der Waals surface area contributed by atoms with Gasteiger partial charge in [0.2, 0.25) is 6.41 Å². The molecule has 0 aliphatic carbocycles. The van der Waals surface area contributed by atoms with E-state index in [2.05, 4.69) is 10.3 Å². The van der Waals surface area contributed by atoms with E-state index in [0.717, 1.165) is 23.2 Å². The maximum Gasteiger partial charge on any atom is 0.264 e. The number of hydrogen-bond acceptors (Lipinski definition) is 6. The highest BCUT2D eigenvalue weighted by Gasteiger charge is 2.52. The van der Waals surface area contributed by atoms with Gasteiger partial charge < -0.3 is 15.1 Å². The normalized spacial score (nSPS) is 17.1. The Morgan fingerprint density at radius 3 is 2.36 bits per heavy atom. The predicted molar refractivity (Wildman–Crippen MR) is 181 cm³/mol. The summed E-state index contributed by atoms with van der Waals surface area (Å²) >= 11 is 0. The van der Waals surface area contributed by atoms with Crippen LogP contribution in [0.25, 0.3) is 0 Å². The van der Waals surface area contributed by atoms with Gasteiger partial charge in [-0.3, -0.25) is 19.2 Å². The van der Waals surface area contributed by atoms with Gasteiger partial charge in [-0.1, -0.05) is 103 Å². The maximum atomic E-state index is 14.0. The van der Waals surface area contributed by atoms with Crippen LogP contribution in [0, 0.1) is 5.92 Å². The van der Waals surface area contributed by atoms with Crippen LogP contribution in [0.5, 0.6) is 0 Å². The monoisotopic (exact) mass is 627 g/mol. The van der Waals surface area contributed by atoms with Gasteiger partial charge >= 0.3 is 0 Å². The number of rotatable bonds is 13. The molecular weight excluding hydrogens is 590 g/mol. The third kappa shape index (κ3) is 6.36. The molecule has 4 aromatic carbocycles. The number of benzene rings is 4. The van der Waals surface area contributed by atoms with E-state index in [-0.39, 0.29) is 19.1 Å². The molecule has 9 heteroatoms. The van der Waals surface area contributed by atoms with Gasteiger partial charge in [0.1, 0.15) is 0 Å². The number of aliphatic hydroxyl groups excluding tert-OH is 1. The summed E-state index contributed by atoms with van der Waals surface area (Å²) in [5.41, 5.74) is 3.40. The van der Waals surface area contributed by atoms with Crippen LogP contribution in [-0.4, -0.2) is 44.1 Å². The van der Waals surface area contributed by atoms with Gasteiger partial charge in [-0.25, -0.2) is 0 Å². The summed E-state index contributed by atoms with van der Waals surface area (Å²) in [4.78, 5) is 29.2. The molecule has 2 amide bonds. The molecule has 1 aliphatic heterocycles. The lowest BCUT2D eigenvalue weighted by atomic mass is 9.83. The van der Waals surface area contributed by atoms with Crippen molar-refractivity contribution in [3.05, 3.63) is 150 Å².